The second-order valence-corrected chi connectivity index (χ2v) is 7.98. The number of aromatic amines is 1. The first-order chi connectivity index (χ1) is 15.3. The van der Waals surface area contributed by atoms with Gasteiger partial charge in [0, 0.05) is 30.1 Å². The average molecular weight is 439 g/mol. The lowest BCUT2D eigenvalue weighted by atomic mass is 10.0. The van der Waals surface area contributed by atoms with Crippen LogP contribution in [0.4, 0.5) is 0 Å². The van der Waals surface area contributed by atoms with Crippen LogP contribution in [-0.4, -0.2) is 56.4 Å². The van der Waals surface area contributed by atoms with Crippen molar-refractivity contribution < 1.29 is 23.9 Å². The molecule has 5 N–H and O–H groups in total. The molecule has 3 aromatic rings. The Hall–Kier alpha value is -3.66. The number of nitrogens with zero attached hydrogens (tertiary/aromatic N) is 2. The minimum atomic E-state index is -1.14. The Morgan fingerprint density at radius 2 is 2.16 bits per heavy atom. The summed E-state index contributed by atoms with van der Waals surface area (Å²) in [6.07, 6.45) is 4.16. The van der Waals surface area contributed by atoms with E-state index in [-0.39, 0.29) is 18.0 Å². The van der Waals surface area contributed by atoms with Gasteiger partial charge in [0.05, 0.1) is 6.04 Å². The third-order valence-electron chi connectivity index (χ3n) is 5.66. The Morgan fingerprint density at radius 3 is 2.88 bits per heavy atom. The van der Waals surface area contributed by atoms with Crippen LogP contribution < -0.4 is 11.1 Å². The second-order valence-electron chi connectivity index (χ2n) is 7.98. The van der Waals surface area contributed by atoms with Crippen molar-refractivity contribution in [3.8, 4) is 0 Å². The number of carboxylic acids is 1. The number of hydrogen-bond donors (Lipinski definition) is 4. The van der Waals surface area contributed by atoms with E-state index < -0.39 is 35.9 Å². The molecule has 2 aromatic heterocycles. The van der Waals surface area contributed by atoms with Crippen molar-refractivity contribution in [1.82, 2.24) is 20.2 Å². The largest absolute Gasteiger partial charge is 0.480 e. The second kappa shape index (κ2) is 8.83. The molecule has 1 aliphatic rings. The summed E-state index contributed by atoms with van der Waals surface area (Å²) < 4.78 is 5.23. The molecular formula is C22H25N5O5. The van der Waals surface area contributed by atoms with Crippen LogP contribution in [0.25, 0.3) is 10.9 Å². The first kappa shape index (κ1) is 21.6. The van der Waals surface area contributed by atoms with Crippen molar-refractivity contribution >= 4 is 28.7 Å². The summed E-state index contributed by atoms with van der Waals surface area (Å²) in [6.45, 7) is 2.06. The summed E-state index contributed by atoms with van der Waals surface area (Å²) in [5.41, 5.74) is 7.48. The Morgan fingerprint density at radius 1 is 1.38 bits per heavy atom. The van der Waals surface area contributed by atoms with Crippen molar-refractivity contribution in [2.24, 2.45) is 5.73 Å². The van der Waals surface area contributed by atoms with Gasteiger partial charge < -0.3 is 30.5 Å². The van der Waals surface area contributed by atoms with Crippen molar-refractivity contribution in [2.75, 3.05) is 6.54 Å². The number of likely N-dealkylation sites (tertiary alicyclic amines) is 1. The summed E-state index contributed by atoms with van der Waals surface area (Å²) >= 11 is 0. The number of nitrogens with two attached hydrogens (primary N) is 1. The summed E-state index contributed by atoms with van der Waals surface area (Å²) in [6, 6.07) is 5.19. The van der Waals surface area contributed by atoms with Gasteiger partial charge in [-0.25, -0.2) is 9.78 Å². The van der Waals surface area contributed by atoms with Crippen LogP contribution in [0.1, 0.15) is 47.7 Å². The van der Waals surface area contributed by atoms with Crippen LogP contribution in [0.15, 0.2) is 41.1 Å². The lowest BCUT2D eigenvalue weighted by molar-refractivity contribution is -0.142. The molecule has 1 fully saturated rings. The monoisotopic (exact) mass is 439 g/mol. The minimum absolute atomic E-state index is 0.0746. The zero-order valence-electron chi connectivity index (χ0n) is 17.6. The van der Waals surface area contributed by atoms with E-state index in [1.54, 1.807) is 13.1 Å². The van der Waals surface area contributed by atoms with E-state index in [0.717, 1.165) is 16.5 Å². The quantitative estimate of drug-likeness (QED) is 0.436. The molecule has 0 radical (unpaired) electrons. The highest BCUT2D eigenvalue weighted by atomic mass is 16.4. The van der Waals surface area contributed by atoms with Gasteiger partial charge in [0.15, 0.2) is 5.69 Å². The smallest absolute Gasteiger partial charge is 0.326 e. The number of amides is 2. The SMILES string of the molecule is CC(N)c1nc(C(=O)N2CCCC2C(=O)NC(Cc2c[nH]c3ccccc23)C(=O)O)co1. The van der Waals surface area contributed by atoms with E-state index >= 15 is 0 Å². The van der Waals surface area contributed by atoms with E-state index in [4.69, 9.17) is 10.2 Å². The maximum Gasteiger partial charge on any atom is 0.326 e. The van der Waals surface area contributed by atoms with Crippen molar-refractivity contribution in [1.29, 1.82) is 0 Å². The molecule has 0 saturated carbocycles. The molecule has 1 aliphatic heterocycles. The lowest BCUT2D eigenvalue weighted by Crippen LogP contribution is -2.51. The summed E-state index contributed by atoms with van der Waals surface area (Å²) in [4.78, 5) is 46.3. The molecule has 3 atom stereocenters. The Balaban J connectivity index is 1.47. The number of carbonyl (C=O) groups is 3. The highest BCUT2D eigenvalue weighted by Gasteiger charge is 2.37. The van der Waals surface area contributed by atoms with Gasteiger partial charge in [0.1, 0.15) is 18.3 Å². The van der Waals surface area contributed by atoms with E-state index in [9.17, 15) is 19.5 Å². The van der Waals surface area contributed by atoms with Crippen LogP contribution in [0.2, 0.25) is 0 Å². The standard InChI is InChI=1S/C22H25N5O5/c1-12(23)20-26-17(11-32-20)21(29)27-8-4-7-18(27)19(28)25-16(22(30)31)9-13-10-24-15-6-3-2-5-14(13)15/h2-3,5-6,10-12,16,18,24H,4,7-9,23H2,1H3,(H,25,28)(H,30,31). The maximum atomic E-state index is 13.0. The molecule has 10 nitrogen and oxygen atoms in total. The molecule has 0 bridgehead atoms. The number of carbonyl (C=O) groups excluding carboxylic acids is 2. The predicted molar refractivity (Wildman–Crippen MR) is 115 cm³/mol. The summed E-state index contributed by atoms with van der Waals surface area (Å²) in [5.74, 6) is -1.85. The topological polar surface area (TPSA) is 155 Å². The molecule has 10 heteroatoms. The number of carboxylic acid groups (broad SMARTS) is 1. The molecule has 4 rings (SSSR count). The first-order valence-electron chi connectivity index (χ1n) is 10.4. The van der Waals surface area contributed by atoms with Crippen LogP contribution >= 0.6 is 0 Å². The molecular weight excluding hydrogens is 414 g/mol. The van der Waals surface area contributed by atoms with Crippen LogP contribution in [0.3, 0.4) is 0 Å². The normalized spacial score (nSPS) is 17.9. The molecule has 1 aromatic carbocycles. The zero-order valence-corrected chi connectivity index (χ0v) is 17.6. The van der Waals surface area contributed by atoms with Gasteiger partial charge in [0.2, 0.25) is 11.8 Å². The lowest BCUT2D eigenvalue weighted by Gasteiger charge is -2.24. The van der Waals surface area contributed by atoms with Crippen molar-refractivity contribution in [2.45, 2.75) is 44.3 Å². The van der Waals surface area contributed by atoms with Gasteiger partial charge in [-0.2, -0.15) is 0 Å². The fraction of sp³-hybridized carbons (Fsp3) is 0.364. The molecule has 1 saturated heterocycles. The number of rotatable bonds is 7. The Bertz CT molecular complexity index is 1150. The third-order valence-corrected chi connectivity index (χ3v) is 5.66. The number of fused-ring (bicyclic) bond motifs is 1. The fourth-order valence-corrected chi connectivity index (χ4v) is 4.01. The molecule has 0 spiro atoms. The predicted octanol–water partition coefficient (Wildman–Crippen LogP) is 1.59. The summed E-state index contributed by atoms with van der Waals surface area (Å²) in [7, 11) is 0. The van der Waals surface area contributed by atoms with E-state index in [0.29, 0.717) is 19.4 Å². The van der Waals surface area contributed by atoms with Gasteiger partial charge in [-0.1, -0.05) is 18.2 Å². The summed E-state index contributed by atoms with van der Waals surface area (Å²) in [5, 5.41) is 13.2. The number of hydrogen-bond acceptors (Lipinski definition) is 6. The van der Waals surface area contributed by atoms with Crippen LogP contribution in [0.5, 0.6) is 0 Å². The van der Waals surface area contributed by atoms with Crippen LogP contribution in [-0.2, 0) is 16.0 Å². The average Bonchev–Trinajstić information content (AvgIpc) is 3.52. The number of oxazole rings is 1. The molecule has 3 unspecified atom stereocenters. The van der Waals surface area contributed by atoms with Crippen molar-refractivity contribution in [3.63, 3.8) is 0 Å². The Labute approximate surface area is 183 Å². The van der Waals surface area contributed by atoms with Gasteiger partial charge in [-0.3, -0.25) is 9.59 Å². The van der Waals surface area contributed by atoms with E-state index in [1.165, 1.54) is 11.2 Å². The maximum absolute atomic E-state index is 13.0. The molecule has 3 heterocycles. The zero-order chi connectivity index (χ0) is 22.8. The molecule has 32 heavy (non-hydrogen) atoms. The minimum Gasteiger partial charge on any atom is -0.480 e. The fourth-order valence-electron chi connectivity index (χ4n) is 4.01. The molecule has 168 valence electrons. The van der Waals surface area contributed by atoms with Gasteiger partial charge >= 0.3 is 5.97 Å². The van der Waals surface area contributed by atoms with Gasteiger partial charge in [0.25, 0.3) is 5.91 Å². The van der Waals surface area contributed by atoms with E-state index in [2.05, 4.69) is 15.3 Å². The first-order valence-corrected chi connectivity index (χ1v) is 10.4. The number of aliphatic carboxylic acids is 1. The van der Waals surface area contributed by atoms with Gasteiger partial charge in [-0.15, -0.1) is 0 Å². The highest BCUT2D eigenvalue weighted by Crippen LogP contribution is 2.22. The van der Waals surface area contributed by atoms with E-state index in [1.807, 2.05) is 24.3 Å². The molecule has 0 aliphatic carbocycles. The third kappa shape index (κ3) is 4.22. The Kier molecular flexibility index (Phi) is 5.95. The number of aromatic nitrogens is 2. The van der Waals surface area contributed by atoms with Crippen LogP contribution in [0, 0.1) is 0 Å². The number of H-pyrrole nitrogens is 1. The van der Waals surface area contributed by atoms with Gasteiger partial charge in [-0.05, 0) is 31.4 Å². The number of nitrogens with one attached hydrogen (secondary N) is 2. The molecule has 2 amide bonds. The number of benzene rings is 1. The highest BCUT2D eigenvalue weighted by molar-refractivity contribution is 5.97. The van der Waals surface area contributed by atoms with Crippen molar-refractivity contribution in [3.05, 3.63) is 53.9 Å². The number of para-hydroxylation sites is 1.